The van der Waals surface area contributed by atoms with Crippen LogP contribution in [0.5, 0.6) is 0 Å². The first-order valence-electron chi connectivity index (χ1n) is 8.80. The van der Waals surface area contributed by atoms with Gasteiger partial charge in [0.1, 0.15) is 18.0 Å². The zero-order valence-corrected chi connectivity index (χ0v) is 14.6. The molecule has 0 radical (unpaired) electrons. The molecule has 2 fully saturated rings. The lowest BCUT2D eigenvalue weighted by Gasteiger charge is -2.42. The van der Waals surface area contributed by atoms with Crippen molar-refractivity contribution in [3.8, 4) is 0 Å². The minimum atomic E-state index is -0.559. The SMILES string of the molecule is O=C1COC2(COCCN(Cc3ccccn3)C2)CN1c1ccccn1. The van der Waals surface area contributed by atoms with Crippen molar-refractivity contribution in [3.05, 3.63) is 54.5 Å². The summed E-state index contributed by atoms with van der Waals surface area (Å²) in [5.41, 5.74) is 0.453. The van der Waals surface area contributed by atoms with Gasteiger partial charge in [-0.05, 0) is 24.3 Å². The Morgan fingerprint density at radius 2 is 1.92 bits per heavy atom. The van der Waals surface area contributed by atoms with Crippen molar-refractivity contribution in [2.24, 2.45) is 0 Å². The van der Waals surface area contributed by atoms with Gasteiger partial charge in [-0.3, -0.25) is 19.6 Å². The standard InChI is InChI=1S/C19H22N4O3/c24-18-12-26-19(14-23(18)17-6-2-4-8-21-17)13-22(9-10-25-15-19)11-16-5-1-3-7-20-16/h1-8H,9-15H2. The van der Waals surface area contributed by atoms with Gasteiger partial charge in [0.05, 0.1) is 25.5 Å². The molecule has 0 aliphatic carbocycles. The van der Waals surface area contributed by atoms with Gasteiger partial charge in [-0.15, -0.1) is 0 Å². The van der Waals surface area contributed by atoms with Gasteiger partial charge in [-0.25, -0.2) is 4.98 Å². The summed E-state index contributed by atoms with van der Waals surface area (Å²) in [5.74, 6) is 0.579. The van der Waals surface area contributed by atoms with Crippen molar-refractivity contribution in [1.29, 1.82) is 0 Å². The van der Waals surface area contributed by atoms with Gasteiger partial charge in [0.25, 0.3) is 5.91 Å². The molecule has 7 nitrogen and oxygen atoms in total. The van der Waals surface area contributed by atoms with Gasteiger partial charge in [0, 0.05) is 32.0 Å². The van der Waals surface area contributed by atoms with Crippen LogP contribution < -0.4 is 4.90 Å². The molecule has 1 spiro atoms. The van der Waals surface area contributed by atoms with E-state index in [-0.39, 0.29) is 12.5 Å². The van der Waals surface area contributed by atoms with Gasteiger partial charge in [0.2, 0.25) is 0 Å². The first-order valence-corrected chi connectivity index (χ1v) is 8.80. The number of hydrogen-bond donors (Lipinski definition) is 0. The molecule has 26 heavy (non-hydrogen) atoms. The number of carbonyl (C=O) groups is 1. The Labute approximate surface area is 152 Å². The molecule has 4 heterocycles. The zero-order chi connectivity index (χ0) is 17.8. The van der Waals surface area contributed by atoms with Gasteiger partial charge in [-0.1, -0.05) is 12.1 Å². The Kier molecular flexibility index (Phi) is 4.92. The predicted octanol–water partition coefficient (Wildman–Crippen LogP) is 1.11. The molecule has 2 aromatic rings. The third-order valence-corrected chi connectivity index (χ3v) is 4.72. The molecular formula is C19H22N4O3. The minimum Gasteiger partial charge on any atom is -0.377 e. The lowest BCUT2D eigenvalue weighted by atomic mass is 10.0. The second-order valence-corrected chi connectivity index (χ2v) is 6.72. The Balaban J connectivity index is 1.53. The summed E-state index contributed by atoms with van der Waals surface area (Å²) in [4.78, 5) is 25.1. The summed E-state index contributed by atoms with van der Waals surface area (Å²) >= 11 is 0. The molecule has 0 N–H and O–H groups in total. The summed E-state index contributed by atoms with van der Waals surface area (Å²) in [6, 6.07) is 11.5. The Morgan fingerprint density at radius 3 is 2.69 bits per heavy atom. The lowest BCUT2D eigenvalue weighted by Crippen LogP contribution is -2.60. The molecule has 0 saturated carbocycles. The molecule has 136 valence electrons. The van der Waals surface area contributed by atoms with Gasteiger partial charge < -0.3 is 9.47 Å². The Morgan fingerprint density at radius 1 is 1.08 bits per heavy atom. The zero-order valence-electron chi connectivity index (χ0n) is 14.6. The highest BCUT2D eigenvalue weighted by molar-refractivity contribution is 5.94. The second kappa shape index (κ2) is 7.49. The molecule has 4 rings (SSSR count). The molecule has 0 aromatic carbocycles. The monoisotopic (exact) mass is 354 g/mol. The van der Waals surface area contributed by atoms with Crippen LogP contribution in [0.2, 0.25) is 0 Å². The second-order valence-electron chi connectivity index (χ2n) is 6.72. The van der Waals surface area contributed by atoms with Crippen LogP contribution in [0.15, 0.2) is 48.8 Å². The number of nitrogens with zero attached hydrogens (tertiary/aromatic N) is 4. The highest BCUT2D eigenvalue weighted by atomic mass is 16.6. The number of aromatic nitrogens is 2. The molecular weight excluding hydrogens is 332 g/mol. The Bertz CT molecular complexity index is 743. The molecule has 2 aromatic heterocycles. The van der Waals surface area contributed by atoms with E-state index in [1.54, 1.807) is 17.3 Å². The van der Waals surface area contributed by atoms with Crippen molar-refractivity contribution in [3.63, 3.8) is 0 Å². The summed E-state index contributed by atoms with van der Waals surface area (Å²) < 4.78 is 11.8. The van der Waals surface area contributed by atoms with E-state index >= 15 is 0 Å². The summed E-state index contributed by atoms with van der Waals surface area (Å²) in [6.45, 7) is 3.78. The highest BCUT2D eigenvalue weighted by Crippen LogP contribution is 2.26. The fourth-order valence-electron chi connectivity index (χ4n) is 3.46. The topological polar surface area (TPSA) is 67.8 Å². The molecule has 2 saturated heterocycles. The Hall–Kier alpha value is -2.35. The molecule has 2 aliphatic rings. The molecule has 2 aliphatic heterocycles. The normalized spacial score (nSPS) is 24.6. The van der Waals surface area contributed by atoms with Gasteiger partial charge >= 0.3 is 0 Å². The number of hydrogen-bond acceptors (Lipinski definition) is 6. The maximum atomic E-state index is 12.4. The van der Waals surface area contributed by atoms with E-state index in [1.807, 2.05) is 36.4 Å². The van der Waals surface area contributed by atoms with E-state index in [4.69, 9.17) is 9.47 Å². The van der Waals surface area contributed by atoms with E-state index < -0.39 is 5.60 Å². The molecule has 7 heteroatoms. The summed E-state index contributed by atoms with van der Waals surface area (Å²) in [5, 5.41) is 0. The summed E-state index contributed by atoms with van der Waals surface area (Å²) in [6.07, 6.45) is 3.50. The van der Waals surface area contributed by atoms with Crippen molar-refractivity contribution in [1.82, 2.24) is 14.9 Å². The van der Waals surface area contributed by atoms with Crippen LogP contribution >= 0.6 is 0 Å². The number of rotatable bonds is 3. The smallest absolute Gasteiger partial charge is 0.254 e. The van der Waals surface area contributed by atoms with Crippen molar-refractivity contribution >= 4 is 11.7 Å². The van der Waals surface area contributed by atoms with E-state index in [1.165, 1.54) is 0 Å². The predicted molar refractivity (Wildman–Crippen MR) is 95.6 cm³/mol. The fourth-order valence-corrected chi connectivity index (χ4v) is 3.46. The van der Waals surface area contributed by atoms with E-state index in [9.17, 15) is 4.79 Å². The van der Waals surface area contributed by atoms with Crippen LogP contribution in [0.25, 0.3) is 0 Å². The quantitative estimate of drug-likeness (QED) is 0.823. The maximum Gasteiger partial charge on any atom is 0.254 e. The van der Waals surface area contributed by atoms with Gasteiger partial charge in [0.15, 0.2) is 0 Å². The fraction of sp³-hybridized carbons (Fsp3) is 0.421. The molecule has 0 bridgehead atoms. The summed E-state index contributed by atoms with van der Waals surface area (Å²) in [7, 11) is 0. The third kappa shape index (κ3) is 3.75. The van der Waals surface area contributed by atoms with Crippen LogP contribution in [0, 0.1) is 0 Å². The number of anilines is 1. The maximum absolute atomic E-state index is 12.4. The van der Waals surface area contributed by atoms with E-state index in [0.717, 1.165) is 18.8 Å². The largest absolute Gasteiger partial charge is 0.377 e. The number of ether oxygens (including phenoxy) is 2. The van der Waals surface area contributed by atoms with E-state index in [2.05, 4.69) is 14.9 Å². The number of morpholine rings is 1. The highest BCUT2D eigenvalue weighted by Gasteiger charge is 2.43. The van der Waals surface area contributed by atoms with Crippen molar-refractivity contribution < 1.29 is 14.3 Å². The van der Waals surface area contributed by atoms with Crippen LogP contribution in [0.3, 0.4) is 0 Å². The first-order chi connectivity index (χ1) is 12.7. The van der Waals surface area contributed by atoms with E-state index in [0.29, 0.717) is 32.1 Å². The lowest BCUT2D eigenvalue weighted by molar-refractivity contribution is -0.146. The van der Waals surface area contributed by atoms with Crippen LogP contribution in [-0.2, 0) is 20.8 Å². The average molecular weight is 354 g/mol. The third-order valence-electron chi connectivity index (χ3n) is 4.72. The number of carbonyl (C=O) groups excluding carboxylic acids is 1. The van der Waals surface area contributed by atoms with Gasteiger partial charge in [-0.2, -0.15) is 0 Å². The average Bonchev–Trinajstić information content (AvgIpc) is 2.88. The molecule has 1 unspecified atom stereocenters. The van der Waals surface area contributed by atoms with Crippen molar-refractivity contribution in [2.75, 3.05) is 44.4 Å². The number of pyridine rings is 2. The van der Waals surface area contributed by atoms with Crippen molar-refractivity contribution in [2.45, 2.75) is 12.1 Å². The number of amides is 1. The molecule has 1 atom stereocenters. The minimum absolute atomic E-state index is 0.0390. The van der Waals surface area contributed by atoms with Crippen LogP contribution in [-0.4, -0.2) is 65.8 Å². The first kappa shape index (κ1) is 17.1. The van der Waals surface area contributed by atoms with Crippen LogP contribution in [0.1, 0.15) is 5.69 Å². The molecule has 1 amide bonds. The van der Waals surface area contributed by atoms with Crippen LogP contribution in [0.4, 0.5) is 5.82 Å².